The highest BCUT2D eigenvalue weighted by molar-refractivity contribution is 4.81. The number of hydrogen-bond donors (Lipinski definition) is 0. The number of allylic oxidation sites excluding steroid dienone is 2. The largest absolute Gasteiger partial charge is 0.0885 e. The van der Waals surface area contributed by atoms with Crippen molar-refractivity contribution in [1.29, 1.82) is 0 Å². The first-order valence-corrected chi connectivity index (χ1v) is 11.5. The van der Waals surface area contributed by atoms with E-state index >= 15 is 0 Å². The van der Waals surface area contributed by atoms with Crippen molar-refractivity contribution in [2.45, 2.75) is 136 Å². The van der Waals surface area contributed by atoms with Gasteiger partial charge in [-0.05, 0) is 31.6 Å². The Balaban J connectivity index is 3.10. The molecule has 0 N–H and O–H groups in total. The van der Waals surface area contributed by atoms with Gasteiger partial charge in [-0.15, -0.1) is 0 Å². The maximum absolute atomic E-state index is 2.43. The molecule has 0 aliphatic rings. The van der Waals surface area contributed by atoms with Gasteiger partial charge in [0.1, 0.15) is 0 Å². The molecule has 24 heavy (non-hydrogen) atoms. The van der Waals surface area contributed by atoms with Gasteiger partial charge in [0.2, 0.25) is 0 Å². The van der Waals surface area contributed by atoms with Gasteiger partial charge in [0, 0.05) is 0 Å². The van der Waals surface area contributed by atoms with Crippen LogP contribution >= 0.6 is 0 Å². The summed E-state index contributed by atoms with van der Waals surface area (Å²) in [6.07, 6.45) is 30.4. The van der Waals surface area contributed by atoms with Gasteiger partial charge in [-0.2, -0.15) is 0 Å². The molecule has 1 unspecified atom stereocenters. The normalized spacial score (nSPS) is 13.0. The summed E-state index contributed by atoms with van der Waals surface area (Å²) in [5.41, 5.74) is 0. The molecular formula is C24H48. The molecule has 0 bridgehead atoms. The minimum atomic E-state index is 0.957. The van der Waals surface area contributed by atoms with Crippen molar-refractivity contribution in [3.05, 3.63) is 12.2 Å². The molecule has 0 amide bonds. The summed E-state index contributed by atoms with van der Waals surface area (Å²) in [6, 6.07) is 0. The standard InChI is InChI=1S/C24H48/c1-4-6-7-8-9-10-11-12-13-14-15-16-17-18-19-20-21-23-24(3)22-5-2/h12-13,24H,4-11,14-23H2,1-3H3. The highest BCUT2D eigenvalue weighted by atomic mass is 14.1. The Morgan fingerprint density at radius 1 is 0.500 bits per heavy atom. The van der Waals surface area contributed by atoms with E-state index in [9.17, 15) is 0 Å². The monoisotopic (exact) mass is 336 g/mol. The van der Waals surface area contributed by atoms with Gasteiger partial charge in [-0.3, -0.25) is 0 Å². The summed E-state index contributed by atoms with van der Waals surface area (Å²) >= 11 is 0. The highest BCUT2D eigenvalue weighted by Crippen LogP contribution is 2.16. The predicted molar refractivity (Wildman–Crippen MR) is 113 cm³/mol. The molecule has 0 fully saturated rings. The van der Waals surface area contributed by atoms with E-state index in [1.165, 1.54) is 116 Å². The van der Waals surface area contributed by atoms with Crippen LogP contribution in [0, 0.1) is 5.92 Å². The highest BCUT2D eigenvalue weighted by Gasteiger charge is 1.99. The molecule has 144 valence electrons. The van der Waals surface area contributed by atoms with E-state index in [-0.39, 0.29) is 0 Å². The smallest absolute Gasteiger partial charge is 0.0351 e. The summed E-state index contributed by atoms with van der Waals surface area (Å²) in [5.74, 6) is 0.957. The topological polar surface area (TPSA) is 0 Å². The van der Waals surface area contributed by atoms with Crippen molar-refractivity contribution < 1.29 is 0 Å². The van der Waals surface area contributed by atoms with Crippen LogP contribution in [0.1, 0.15) is 136 Å². The number of unbranched alkanes of at least 4 members (excludes halogenated alkanes) is 13. The van der Waals surface area contributed by atoms with Gasteiger partial charge < -0.3 is 0 Å². The van der Waals surface area contributed by atoms with Crippen molar-refractivity contribution in [1.82, 2.24) is 0 Å². The van der Waals surface area contributed by atoms with E-state index < -0.39 is 0 Å². The van der Waals surface area contributed by atoms with Crippen LogP contribution in [0.5, 0.6) is 0 Å². The van der Waals surface area contributed by atoms with E-state index in [0.29, 0.717) is 0 Å². The summed E-state index contributed by atoms with van der Waals surface area (Å²) in [5, 5.41) is 0. The lowest BCUT2D eigenvalue weighted by atomic mass is 9.98. The van der Waals surface area contributed by atoms with E-state index in [2.05, 4.69) is 32.9 Å². The molecule has 0 spiro atoms. The van der Waals surface area contributed by atoms with Gasteiger partial charge >= 0.3 is 0 Å². The molecule has 0 rings (SSSR count). The zero-order valence-corrected chi connectivity index (χ0v) is 17.5. The third-order valence-electron chi connectivity index (χ3n) is 5.24. The van der Waals surface area contributed by atoms with Gasteiger partial charge in [-0.25, -0.2) is 0 Å². The fourth-order valence-corrected chi connectivity index (χ4v) is 3.55. The second-order valence-electron chi connectivity index (χ2n) is 7.97. The fourth-order valence-electron chi connectivity index (χ4n) is 3.55. The molecule has 0 saturated heterocycles. The fraction of sp³-hybridized carbons (Fsp3) is 0.917. The maximum atomic E-state index is 2.43. The minimum Gasteiger partial charge on any atom is -0.0885 e. The first-order chi connectivity index (χ1) is 11.8. The molecule has 0 radical (unpaired) electrons. The Kier molecular flexibility index (Phi) is 20.6. The lowest BCUT2D eigenvalue weighted by Gasteiger charge is -2.09. The minimum absolute atomic E-state index is 0.957. The Morgan fingerprint density at radius 2 is 0.958 bits per heavy atom. The summed E-state index contributed by atoms with van der Waals surface area (Å²) in [7, 11) is 0. The van der Waals surface area contributed by atoms with Crippen LogP contribution in [0.4, 0.5) is 0 Å². The SMILES string of the molecule is CCCCCCCCC=CCCCCCCCCCC(C)CCC. The molecule has 0 heteroatoms. The number of hydrogen-bond acceptors (Lipinski definition) is 0. The Bertz CT molecular complexity index is 240. The third kappa shape index (κ3) is 19.8. The van der Waals surface area contributed by atoms with Crippen molar-refractivity contribution in [2.75, 3.05) is 0 Å². The second-order valence-corrected chi connectivity index (χ2v) is 7.97. The van der Waals surface area contributed by atoms with Crippen molar-refractivity contribution in [3.63, 3.8) is 0 Å². The summed E-state index contributed by atoms with van der Waals surface area (Å²) in [6.45, 7) is 7.02. The van der Waals surface area contributed by atoms with Crippen LogP contribution < -0.4 is 0 Å². The van der Waals surface area contributed by atoms with Gasteiger partial charge in [0.05, 0.1) is 0 Å². The predicted octanol–water partition coefficient (Wildman–Crippen LogP) is 9.24. The Labute approximate surface area is 154 Å². The molecular weight excluding hydrogens is 288 g/mol. The van der Waals surface area contributed by atoms with Crippen molar-refractivity contribution >= 4 is 0 Å². The van der Waals surface area contributed by atoms with Crippen LogP contribution in [0.25, 0.3) is 0 Å². The molecule has 0 aromatic rings. The van der Waals surface area contributed by atoms with Crippen LogP contribution in [-0.4, -0.2) is 0 Å². The van der Waals surface area contributed by atoms with Crippen LogP contribution in [0.2, 0.25) is 0 Å². The summed E-state index contributed by atoms with van der Waals surface area (Å²) < 4.78 is 0. The van der Waals surface area contributed by atoms with Gasteiger partial charge in [0.25, 0.3) is 0 Å². The Morgan fingerprint density at radius 3 is 1.46 bits per heavy atom. The molecule has 0 aliphatic carbocycles. The lowest BCUT2D eigenvalue weighted by molar-refractivity contribution is 0.450. The van der Waals surface area contributed by atoms with E-state index in [1.807, 2.05) is 0 Å². The average Bonchev–Trinajstić information content (AvgIpc) is 2.58. The lowest BCUT2D eigenvalue weighted by Crippen LogP contribution is -1.93. The molecule has 0 aromatic carbocycles. The second kappa shape index (κ2) is 20.8. The first kappa shape index (κ1) is 23.7. The van der Waals surface area contributed by atoms with Crippen LogP contribution in [-0.2, 0) is 0 Å². The maximum Gasteiger partial charge on any atom is -0.0351 e. The molecule has 0 nitrogen and oxygen atoms in total. The van der Waals surface area contributed by atoms with Gasteiger partial charge in [-0.1, -0.05) is 123 Å². The zero-order chi connectivity index (χ0) is 17.7. The molecule has 0 aromatic heterocycles. The molecule has 0 saturated carbocycles. The summed E-state index contributed by atoms with van der Waals surface area (Å²) in [4.78, 5) is 0. The average molecular weight is 337 g/mol. The molecule has 0 aliphatic heterocycles. The van der Waals surface area contributed by atoms with E-state index in [0.717, 1.165) is 5.92 Å². The molecule has 1 atom stereocenters. The van der Waals surface area contributed by atoms with Crippen LogP contribution in [0.15, 0.2) is 12.2 Å². The molecule has 0 heterocycles. The van der Waals surface area contributed by atoms with E-state index in [1.54, 1.807) is 0 Å². The van der Waals surface area contributed by atoms with E-state index in [4.69, 9.17) is 0 Å². The van der Waals surface area contributed by atoms with Crippen molar-refractivity contribution in [3.8, 4) is 0 Å². The van der Waals surface area contributed by atoms with Crippen molar-refractivity contribution in [2.24, 2.45) is 5.92 Å². The first-order valence-electron chi connectivity index (χ1n) is 11.5. The third-order valence-corrected chi connectivity index (χ3v) is 5.24. The van der Waals surface area contributed by atoms with Gasteiger partial charge in [0.15, 0.2) is 0 Å². The number of rotatable bonds is 19. The Hall–Kier alpha value is -0.260. The zero-order valence-electron chi connectivity index (χ0n) is 17.5. The quantitative estimate of drug-likeness (QED) is 0.163. The van der Waals surface area contributed by atoms with Crippen LogP contribution in [0.3, 0.4) is 0 Å².